The van der Waals surface area contributed by atoms with Crippen LogP contribution in [0.1, 0.15) is 181 Å². The summed E-state index contributed by atoms with van der Waals surface area (Å²) in [6, 6.07) is 38.3. The lowest BCUT2D eigenvalue weighted by atomic mass is 9.97. The first-order chi connectivity index (χ1) is 32.1. The molecule has 0 unspecified atom stereocenters. The quantitative estimate of drug-likeness (QED) is 0.0457. The number of hydrogen-bond donors (Lipinski definition) is 0. The zero-order chi connectivity index (χ0) is 45.4. The first kappa shape index (κ1) is 49.8. The number of rotatable bonds is 24. The Bertz CT molecular complexity index is 2360. The Morgan fingerprint density at radius 2 is 0.538 bits per heavy atom. The molecule has 0 aliphatic rings. The Hall–Kier alpha value is -6.26. The monoisotopic (exact) mass is 863 g/mol. The molecule has 5 aromatic carbocycles. The zero-order valence-corrected chi connectivity index (χ0v) is 39.5. The highest BCUT2D eigenvalue weighted by Crippen LogP contribution is 2.20. The Balaban J connectivity index is 1.40. The van der Waals surface area contributed by atoms with Gasteiger partial charge in [0.1, 0.15) is 17.2 Å². The highest BCUT2D eigenvalue weighted by Gasteiger charge is 2.07. The van der Waals surface area contributed by atoms with Crippen LogP contribution in [0.2, 0.25) is 0 Å². The minimum absolute atomic E-state index is 0.731. The first-order valence-corrected chi connectivity index (χ1v) is 24.6. The van der Waals surface area contributed by atoms with Crippen molar-refractivity contribution in [2.45, 2.75) is 136 Å². The van der Waals surface area contributed by atoms with Crippen LogP contribution < -0.4 is 14.2 Å². The summed E-state index contributed by atoms with van der Waals surface area (Å²) < 4.78 is 18.1. The van der Waals surface area contributed by atoms with Crippen LogP contribution in [0.5, 0.6) is 17.2 Å². The summed E-state index contributed by atoms with van der Waals surface area (Å²) in [5, 5.41) is 0. The fraction of sp³-hybridized carbons (Fsp3) is 0.387. The minimum atomic E-state index is 0.731. The van der Waals surface area contributed by atoms with Gasteiger partial charge in [-0.25, -0.2) is 0 Å². The van der Waals surface area contributed by atoms with Crippen LogP contribution in [-0.4, -0.2) is 19.8 Å². The van der Waals surface area contributed by atoms with E-state index in [9.17, 15) is 0 Å². The van der Waals surface area contributed by atoms with Crippen molar-refractivity contribution in [3.8, 4) is 64.6 Å². The van der Waals surface area contributed by atoms with Crippen LogP contribution in [0.3, 0.4) is 0 Å². The van der Waals surface area contributed by atoms with E-state index in [-0.39, 0.29) is 0 Å². The highest BCUT2D eigenvalue weighted by atomic mass is 16.5. The van der Waals surface area contributed by atoms with E-state index < -0.39 is 0 Å². The molecule has 0 aliphatic heterocycles. The van der Waals surface area contributed by atoms with E-state index in [1.807, 2.05) is 115 Å². The van der Waals surface area contributed by atoms with Crippen LogP contribution in [0.4, 0.5) is 0 Å². The maximum Gasteiger partial charge on any atom is 0.119 e. The molecule has 0 fully saturated rings. The fourth-order valence-corrected chi connectivity index (χ4v) is 7.21. The van der Waals surface area contributed by atoms with Gasteiger partial charge in [-0.3, -0.25) is 0 Å². The van der Waals surface area contributed by atoms with Crippen molar-refractivity contribution in [3.05, 3.63) is 160 Å². The lowest BCUT2D eigenvalue weighted by Gasteiger charge is -2.06. The second-order valence-corrected chi connectivity index (χ2v) is 16.7. The van der Waals surface area contributed by atoms with Crippen molar-refractivity contribution in [2.75, 3.05) is 19.8 Å². The summed E-state index contributed by atoms with van der Waals surface area (Å²) >= 11 is 0. The zero-order valence-electron chi connectivity index (χ0n) is 39.5. The van der Waals surface area contributed by atoms with Crippen molar-refractivity contribution in [2.24, 2.45) is 0 Å². The molecule has 0 atom stereocenters. The largest absolute Gasteiger partial charge is 0.494 e. The van der Waals surface area contributed by atoms with Crippen LogP contribution in [0.15, 0.2) is 115 Å². The molecule has 0 N–H and O–H groups in total. The third-order valence-electron chi connectivity index (χ3n) is 11.2. The molecule has 0 saturated carbocycles. The molecule has 0 bridgehead atoms. The molecular formula is C62H70O3. The van der Waals surface area contributed by atoms with Crippen LogP contribution in [0, 0.1) is 47.4 Å². The summed E-state index contributed by atoms with van der Waals surface area (Å²) in [7, 11) is 0. The number of hydrogen-bond acceptors (Lipinski definition) is 3. The molecule has 0 spiro atoms. The first-order valence-electron chi connectivity index (χ1n) is 24.6. The van der Waals surface area contributed by atoms with Gasteiger partial charge < -0.3 is 14.2 Å². The summed E-state index contributed by atoms with van der Waals surface area (Å²) in [5.41, 5.74) is 6.77. The Morgan fingerprint density at radius 3 is 0.831 bits per heavy atom. The van der Waals surface area contributed by atoms with E-state index in [2.05, 4.69) is 68.1 Å². The van der Waals surface area contributed by atoms with Gasteiger partial charge in [-0.1, -0.05) is 183 Å². The second kappa shape index (κ2) is 30.8. The third kappa shape index (κ3) is 20.0. The molecule has 0 amide bonds. The van der Waals surface area contributed by atoms with Crippen molar-refractivity contribution in [1.82, 2.24) is 0 Å². The third-order valence-corrected chi connectivity index (χ3v) is 11.2. The number of ether oxygens (including phenoxy) is 3. The molecular weight excluding hydrogens is 793 g/mol. The van der Waals surface area contributed by atoms with Crippen LogP contribution in [0.25, 0.3) is 0 Å². The molecule has 65 heavy (non-hydrogen) atoms. The summed E-state index contributed by atoms with van der Waals surface area (Å²) in [6.07, 6.45) is 22.3. The van der Waals surface area contributed by atoms with Crippen LogP contribution >= 0.6 is 0 Å². The van der Waals surface area contributed by atoms with E-state index in [1.54, 1.807) is 0 Å². The number of benzene rings is 5. The van der Waals surface area contributed by atoms with Gasteiger partial charge in [0.25, 0.3) is 0 Å². The molecule has 5 rings (SSSR count). The van der Waals surface area contributed by atoms with Crippen molar-refractivity contribution in [3.63, 3.8) is 0 Å². The molecule has 0 saturated heterocycles. The SMILES string of the molecule is CCCCCCCCOc1ccc(C#Cc2cc(C#Cc3ccc(OCCCCCCCC)cc3)c(C#Cc3ccc(OCCCCCCCC)cc3)cc2C#Cc2ccccc2)cc1. The van der Waals surface area contributed by atoms with Crippen molar-refractivity contribution < 1.29 is 14.2 Å². The molecule has 3 heteroatoms. The molecule has 0 radical (unpaired) electrons. The Labute approximate surface area is 393 Å². The van der Waals surface area contributed by atoms with Gasteiger partial charge in [0.05, 0.1) is 19.8 Å². The van der Waals surface area contributed by atoms with Gasteiger partial charge in [-0.2, -0.15) is 0 Å². The van der Waals surface area contributed by atoms with Crippen molar-refractivity contribution in [1.29, 1.82) is 0 Å². The predicted molar refractivity (Wildman–Crippen MR) is 273 cm³/mol. The summed E-state index contributed by atoms with van der Waals surface area (Å²) in [5.74, 6) is 29.9. The average Bonchev–Trinajstić information content (AvgIpc) is 3.34. The average molecular weight is 863 g/mol. The minimum Gasteiger partial charge on any atom is -0.494 e. The van der Waals surface area contributed by atoms with Gasteiger partial charge >= 0.3 is 0 Å². The maximum atomic E-state index is 6.05. The van der Waals surface area contributed by atoms with Gasteiger partial charge in [0.2, 0.25) is 0 Å². The summed E-state index contributed by atoms with van der Waals surface area (Å²) in [4.78, 5) is 0. The molecule has 0 aromatic heterocycles. The topological polar surface area (TPSA) is 27.7 Å². The molecule has 3 nitrogen and oxygen atoms in total. The van der Waals surface area contributed by atoms with E-state index >= 15 is 0 Å². The van der Waals surface area contributed by atoms with Gasteiger partial charge in [0, 0.05) is 44.5 Å². The Kier molecular flexibility index (Phi) is 23.5. The molecule has 5 aromatic rings. The van der Waals surface area contributed by atoms with Gasteiger partial charge in [0.15, 0.2) is 0 Å². The summed E-state index contributed by atoms with van der Waals surface area (Å²) in [6.45, 7) is 8.94. The second-order valence-electron chi connectivity index (χ2n) is 16.7. The standard InChI is InChI=1S/C62H70O3/c1-4-7-10-13-16-22-47-63-60-41-31-53(32-42-60)28-38-57-51-59(40-30-55-35-45-62(46-36-55)65-49-24-18-15-12-9-6-3)58(50-56(57)37-27-52-25-20-19-21-26-52)39-29-54-33-43-61(44-34-54)64-48-23-17-14-11-8-5-2/h19-21,25-26,31-36,41-46,50-51H,4-18,22-24,47-49H2,1-3H3. The molecule has 0 aliphatic carbocycles. The highest BCUT2D eigenvalue weighted by molar-refractivity contribution is 5.64. The van der Waals surface area contributed by atoms with E-state index in [0.29, 0.717) is 0 Å². The van der Waals surface area contributed by atoms with Crippen molar-refractivity contribution >= 4 is 0 Å². The lowest BCUT2D eigenvalue weighted by Crippen LogP contribution is -1.97. The molecule has 336 valence electrons. The van der Waals surface area contributed by atoms with E-state index in [4.69, 9.17) is 14.2 Å². The number of unbranched alkanes of at least 4 members (excludes halogenated alkanes) is 15. The predicted octanol–water partition coefficient (Wildman–Crippen LogP) is 15.5. The molecule has 0 heterocycles. The smallest absolute Gasteiger partial charge is 0.119 e. The van der Waals surface area contributed by atoms with E-state index in [1.165, 1.54) is 96.3 Å². The lowest BCUT2D eigenvalue weighted by molar-refractivity contribution is 0.304. The maximum absolute atomic E-state index is 6.05. The normalized spacial score (nSPS) is 10.3. The fourth-order valence-electron chi connectivity index (χ4n) is 7.21. The van der Waals surface area contributed by atoms with Gasteiger partial charge in [-0.05, 0) is 116 Å². The van der Waals surface area contributed by atoms with E-state index in [0.717, 1.165) is 101 Å². The Morgan fingerprint density at radius 1 is 0.277 bits per heavy atom. The van der Waals surface area contributed by atoms with Gasteiger partial charge in [-0.15, -0.1) is 0 Å². The van der Waals surface area contributed by atoms with Crippen LogP contribution in [-0.2, 0) is 0 Å².